The smallest absolute Gasteiger partial charge is 0.0352 e. The minimum atomic E-state index is 0.905. The van der Waals surface area contributed by atoms with Gasteiger partial charge in [-0.3, -0.25) is 0 Å². The SMILES string of the molecule is CCCCC(CC)C1CC(CC)C1CCC(C)CC(CC1CC(CCC)C1)C(CC)CC(C)CC. The van der Waals surface area contributed by atoms with Crippen molar-refractivity contribution in [2.24, 2.45) is 59.2 Å². The highest BCUT2D eigenvalue weighted by molar-refractivity contribution is 4.92. The van der Waals surface area contributed by atoms with Crippen LogP contribution in [0.2, 0.25) is 0 Å². The first-order valence-electron chi connectivity index (χ1n) is 16.9. The molecule has 208 valence electrons. The van der Waals surface area contributed by atoms with Crippen LogP contribution in [0.5, 0.6) is 0 Å². The third kappa shape index (κ3) is 9.67. The van der Waals surface area contributed by atoms with Gasteiger partial charge in [-0.15, -0.1) is 0 Å². The zero-order valence-electron chi connectivity index (χ0n) is 25.8. The molecule has 2 saturated carbocycles. The molecule has 8 unspecified atom stereocenters. The fraction of sp³-hybridized carbons (Fsp3) is 1.00. The van der Waals surface area contributed by atoms with Gasteiger partial charge in [0.1, 0.15) is 0 Å². The molecule has 0 bridgehead atoms. The van der Waals surface area contributed by atoms with Gasteiger partial charge >= 0.3 is 0 Å². The average molecular weight is 489 g/mol. The Morgan fingerprint density at radius 2 is 1.37 bits per heavy atom. The molecule has 0 aromatic heterocycles. The van der Waals surface area contributed by atoms with Crippen molar-refractivity contribution in [1.29, 1.82) is 0 Å². The molecule has 0 spiro atoms. The Morgan fingerprint density at radius 1 is 0.657 bits per heavy atom. The molecule has 0 radical (unpaired) electrons. The number of rotatable bonds is 20. The van der Waals surface area contributed by atoms with Crippen LogP contribution in [0.1, 0.15) is 165 Å². The van der Waals surface area contributed by atoms with Gasteiger partial charge in [0.2, 0.25) is 0 Å². The van der Waals surface area contributed by atoms with Crippen molar-refractivity contribution in [3.8, 4) is 0 Å². The lowest BCUT2D eigenvalue weighted by Gasteiger charge is -2.49. The van der Waals surface area contributed by atoms with Crippen LogP contribution in [0.3, 0.4) is 0 Å². The molecule has 0 heteroatoms. The predicted molar refractivity (Wildman–Crippen MR) is 159 cm³/mol. The van der Waals surface area contributed by atoms with Crippen LogP contribution < -0.4 is 0 Å². The lowest BCUT2D eigenvalue weighted by molar-refractivity contribution is 0.00354. The summed E-state index contributed by atoms with van der Waals surface area (Å²) in [5, 5.41) is 0. The van der Waals surface area contributed by atoms with Crippen LogP contribution in [0, 0.1) is 59.2 Å². The predicted octanol–water partition coefficient (Wildman–Crippen LogP) is 12.0. The summed E-state index contributed by atoms with van der Waals surface area (Å²) in [6.07, 6.45) is 25.1. The van der Waals surface area contributed by atoms with Crippen molar-refractivity contribution in [1.82, 2.24) is 0 Å². The Hall–Kier alpha value is 0. The van der Waals surface area contributed by atoms with E-state index < -0.39 is 0 Å². The molecule has 2 aliphatic rings. The van der Waals surface area contributed by atoms with E-state index in [1.807, 2.05) is 0 Å². The monoisotopic (exact) mass is 489 g/mol. The summed E-state index contributed by atoms with van der Waals surface area (Å²) in [6, 6.07) is 0. The first-order chi connectivity index (χ1) is 16.9. The van der Waals surface area contributed by atoms with Gasteiger partial charge in [-0.2, -0.15) is 0 Å². The summed E-state index contributed by atoms with van der Waals surface area (Å²) < 4.78 is 0. The van der Waals surface area contributed by atoms with Gasteiger partial charge in [0, 0.05) is 0 Å². The molecular weight excluding hydrogens is 420 g/mol. The first kappa shape index (κ1) is 31.2. The highest BCUT2D eigenvalue weighted by Gasteiger charge is 2.42. The molecular formula is C35H68. The Bertz CT molecular complexity index is 516. The van der Waals surface area contributed by atoms with Crippen molar-refractivity contribution < 1.29 is 0 Å². The topological polar surface area (TPSA) is 0 Å². The van der Waals surface area contributed by atoms with E-state index in [-0.39, 0.29) is 0 Å². The van der Waals surface area contributed by atoms with E-state index in [1.54, 1.807) is 25.7 Å². The quantitative estimate of drug-likeness (QED) is 0.160. The van der Waals surface area contributed by atoms with Crippen LogP contribution in [-0.2, 0) is 0 Å². The van der Waals surface area contributed by atoms with Gasteiger partial charge < -0.3 is 0 Å². The maximum absolute atomic E-state index is 2.63. The zero-order valence-corrected chi connectivity index (χ0v) is 25.8. The van der Waals surface area contributed by atoms with Crippen LogP contribution in [0.25, 0.3) is 0 Å². The lowest BCUT2D eigenvalue weighted by Crippen LogP contribution is -2.41. The molecule has 0 aromatic rings. The Morgan fingerprint density at radius 3 is 1.94 bits per heavy atom. The average Bonchev–Trinajstić information content (AvgIpc) is 2.82. The summed E-state index contributed by atoms with van der Waals surface area (Å²) in [5.41, 5.74) is 0. The highest BCUT2D eigenvalue weighted by Crippen LogP contribution is 2.51. The fourth-order valence-corrected chi connectivity index (χ4v) is 8.61. The van der Waals surface area contributed by atoms with E-state index in [4.69, 9.17) is 0 Å². The molecule has 0 heterocycles. The molecule has 0 aliphatic heterocycles. The van der Waals surface area contributed by atoms with E-state index in [9.17, 15) is 0 Å². The van der Waals surface area contributed by atoms with Gasteiger partial charge in [-0.25, -0.2) is 0 Å². The molecule has 35 heavy (non-hydrogen) atoms. The van der Waals surface area contributed by atoms with Crippen molar-refractivity contribution in [3.05, 3.63) is 0 Å². The van der Waals surface area contributed by atoms with E-state index in [0.29, 0.717) is 0 Å². The van der Waals surface area contributed by atoms with Gasteiger partial charge in [0.05, 0.1) is 0 Å². The number of hydrogen-bond acceptors (Lipinski definition) is 0. The Kier molecular flexibility index (Phi) is 15.0. The molecule has 0 N–H and O–H groups in total. The molecule has 2 aliphatic carbocycles. The van der Waals surface area contributed by atoms with Crippen LogP contribution in [-0.4, -0.2) is 0 Å². The second-order valence-electron chi connectivity index (χ2n) is 13.9. The van der Waals surface area contributed by atoms with E-state index in [1.165, 1.54) is 83.5 Å². The Labute approximate surface area is 223 Å². The standard InChI is InChI=1S/C35H68/c1-9-15-17-30(12-4)35-25-32(14-6)34(35)19-18-27(8)21-33(31(13-5)20-26(7)11-3)24-29-22-28(23-29)16-10-2/h26-35H,9-25H2,1-8H3. The second-order valence-corrected chi connectivity index (χ2v) is 13.9. The minimum Gasteiger partial charge on any atom is -0.0654 e. The fourth-order valence-electron chi connectivity index (χ4n) is 8.61. The maximum atomic E-state index is 2.63. The third-order valence-corrected chi connectivity index (χ3v) is 11.3. The molecule has 2 rings (SSSR count). The van der Waals surface area contributed by atoms with Crippen LogP contribution >= 0.6 is 0 Å². The number of hydrogen-bond donors (Lipinski definition) is 0. The Balaban J connectivity index is 1.93. The van der Waals surface area contributed by atoms with Gasteiger partial charge in [-0.05, 0) is 104 Å². The van der Waals surface area contributed by atoms with Crippen molar-refractivity contribution >= 4 is 0 Å². The molecule has 0 saturated heterocycles. The summed E-state index contributed by atoms with van der Waals surface area (Å²) in [7, 11) is 0. The molecule has 2 fully saturated rings. The van der Waals surface area contributed by atoms with Crippen LogP contribution in [0.15, 0.2) is 0 Å². The first-order valence-corrected chi connectivity index (χ1v) is 16.9. The summed E-state index contributed by atoms with van der Waals surface area (Å²) in [5.74, 6) is 10.1. The van der Waals surface area contributed by atoms with E-state index in [2.05, 4.69) is 55.4 Å². The third-order valence-electron chi connectivity index (χ3n) is 11.3. The largest absolute Gasteiger partial charge is 0.0654 e. The van der Waals surface area contributed by atoms with Gasteiger partial charge in [0.25, 0.3) is 0 Å². The van der Waals surface area contributed by atoms with E-state index >= 15 is 0 Å². The van der Waals surface area contributed by atoms with Gasteiger partial charge in [0.15, 0.2) is 0 Å². The lowest BCUT2D eigenvalue weighted by atomic mass is 9.56. The minimum absolute atomic E-state index is 0.905. The molecule has 8 atom stereocenters. The maximum Gasteiger partial charge on any atom is -0.0352 e. The van der Waals surface area contributed by atoms with Crippen molar-refractivity contribution in [2.45, 2.75) is 165 Å². The summed E-state index contributed by atoms with van der Waals surface area (Å²) in [6.45, 7) is 19.7. The summed E-state index contributed by atoms with van der Waals surface area (Å²) in [4.78, 5) is 0. The van der Waals surface area contributed by atoms with Gasteiger partial charge in [-0.1, -0.05) is 120 Å². The second kappa shape index (κ2) is 16.8. The normalized spacial score (nSPS) is 30.7. The van der Waals surface area contributed by atoms with E-state index in [0.717, 1.165) is 59.2 Å². The van der Waals surface area contributed by atoms with Crippen molar-refractivity contribution in [3.63, 3.8) is 0 Å². The highest BCUT2D eigenvalue weighted by atomic mass is 14.5. The van der Waals surface area contributed by atoms with Crippen LogP contribution in [0.4, 0.5) is 0 Å². The molecule has 0 nitrogen and oxygen atoms in total. The zero-order chi connectivity index (χ0) is 25.8. The number of unbranched alkanes of at least 4 members (excludes halogenated alkanes) is 1. The summed E-state index contributed by atoms with van der Waals surface area (Å²) >= 11 is 0. The molecule has 0 aromatic carbocycles. The van der Waals surface area contributed by atoms with Crippen molar-refractivity contribution in [2.75, 3.05) is 0 Å². The molecule has 0 amide bonds.